The van der Waals surface area contributed by atoms with Crippen molar-refractivity contribution in [3.63, 3.8) is 0 Å². The lowest BCUT2D eigenvalue weighted by Crippen LogP contribution is -2.54. The molecule has 0 aliphatic carbocycles. The first-order valence-corrected chi connectivity index (χ1v) is 7.15. The van der Waals surface area contributed by atoms with Crippen molar-refractivity contribution in [3.05, 3.63) is 18.2 Å². The number of aromatic nitrogens is 2. The van der Waals surface area contributed by atoms with E-state index in [1.54, 1.807) is 0 Å². The quantitative estimate of drug-likeness (QED) is 0.278. The second-order valence-electron chi connectivity index (χ2n) is 4.62. The molecule has 0 aliphatic rings. The Hall–Kier alpha value is -2.56. The highest BCUT2D eigenvalue weighted by Crippen LogP contribution is 2.01. The maximum absolute atomic E-state index is 12.2. The maximum Gasteiger partial charge on any atom is 0.305 e. The van der Waals surface area contributed by atoms with Gasteiger partial charge in [-0.3, -0.25) is 19.2 Å². The summed E-state index contributed by atoms with van der Waals surface area (Å²) >= 11 is 3.80. The number of primary amides is 1. The number of nitrogens with two attached hydrogens (primary N) is 1. The van der Waals surface area contributed by atoms with Crippen LogP contribution in [0.2, 0.25) is 0 Å². The van der Waals surface area contributed by atoms with E-state index in [4.69, 9.17) is 10.8 Å². The summed E-state index contributed by atoms with van der Waals surface area (Å²) in [4.78, 5) is 52.2. The molecule has 126 valence electrons. The summed E-state index contributed by atoms with van der Waals surface area (Å²) in [6.45, 7) is 0. The largest absolute Gasteiger partial charge is 0.481 e. The highest BCUT2D eigenvalue weighted by molar-refractivity contribution is 7.81. The Balaban J connectivity index is 2.82. The smallest absolute Gasteiger partial charge is 0.305 e. The lowest BCUT2D eigenvalue weighted by Gasteiger charge is -2.20. The van der Waals surface area contributed by atoms with Gasteiger partial charge in [0, 0.05) is 18.3 Å². The van der Waals surface area contributed by atoms with Gasteiger partial charge in [-0.25, -0.2) is 4.98 Å². The zero-order valence-corrected chi connectivity index (χ0v) is 12.9. The summed E-state index contributed by atoms with van der Waals surface area (Å²) in [6, 6.07) is -2.41. The maximum atomic E-state index is 12.2. The molecule has 1 aromatic heterocycles. The molecule has 0 saturated carbocycles. The minimum Gasteiger partial charge on any atom is -0.481 e. The zero-order chi connectivity index (χ0) is 17.4. The number of nitrogens with zero attached hydrogens (tertiary/aromatic N) is 1. The van der Waals surface area contributed by atoms with Gasteiger partial charge >= 0.3 is 5.97 Å². The predicted molar refractivity (Wildman–Crippen MR) is 81.5 cm³/mol. The van der Waals surface area contributed by atoms with E-state index < -0.39 is 42.2 Å². The van der Waals surface area contributed by atoms with Crippen LogP contribution >= 0.6 is 12.6 Å². The van der Waals surface area contributed by atoms with Crippen LogP contribution < -0.4 is 16.4 Å². The fourth-order valence-corrected chi connectivity index (χ4v) is 1.83. The fourth-order valence-electron chi connectivity index (χ4n) is 1.74. The van der Waals surface area contributed by atoms with Crippen LogP contribution in [-0.4, -0.2) is 56.6 Å². The van der Waals surface area contributed by atoms with Crippen molar-refractivity contribution >= 4 is 36.3 Å². The Labute approximate surface area is 136 Å². The van der Waals surface area contributed by atoms with Gasteiger partial charge in [-0.1, -0.05) is 0 Å². The van der Waals surface area contributed by atoms with Crippen molar-refractivity contribution in [1.29, 1.82) is 0 Å². The van der Waals surface area contributed by atoms with Gasteiger partial charge in [0.25, 0.3) is 0 Å². The van der Waals surface area contributed by atoms with Crippen LogP contribution in [0.3, 0.4) is 0 Å². The van der Waals surface area contributed by atoms with E-state index in [1.807, 2.05) is 0 Å². The summed E-state index contributed by atoms with van der Waals surface area (Å²) in [5.41, 5.74) is 5.63. The molecule has 0 unspecified atom stereocenters. The Kier molecular flexibility index (Phi) is 7.06. The number of amides is 3. The number of thiol groups is 1. The summed E-state index contributed by atoms with van der Waals surface area (Å²) in [6.07, 6.45) is 2.29. The SMILES string of the molecule is NC(=O)[C@H](CC(=O)O)NC(=O)[C@H](Cc1cnc[nH]1)NC(=O)CS. The molecule has 2 atom stereocenters. The third-order valence-electron chi connectivity index (χ3n) is 2.81. The van der Waals surface area contributed by atoms with Crippen molar-refractivity contribution in [1.82, 2.24) is 20.6 Å². The van der Waals surface area contributed by atoms with Crippen LogP contribution in [0.4, 0.5) is 0 Å². The molecule has 1 aromatic rings. The number of imidazole rings is 1. The number of carboxylic acid groups (broad SMARTS) is 1. The van der Waals surface area contributed by atoms with Crippen LogP contribution in [0.1, 0.15) is 12.1 Å². The molecule has 1 rings (SSSR count). The zero-order valence-electron chi connectivity index (χ0n) is 12.0. The van der Waals surface area contributed by atoms with Crippen molar-refractivity contribution in [2.24, 2.45) is 5.73 Å². The fraction of sp³-hybridized carbons (Fsp3) is 0.417. The van der Waals surface area contributed by atoms with E-state index in [0.29, 0.717) is 5.69 Å². The van der Waals surface area contributed by atoms with E-state index in [1.165, 1.54) is 12.5 Å². The number of hydrogen-bond donors (Lipinski definition) is 6. The van der Waals surface area contributed by atoms with E-state index >= 15 is 0 Å². The average Bonchev–Trinajstić information content (AvgIpc) is 2.97. The van der Waals surface area contributed by atoms with Crippen molar-refractivity contribution in [2.75, 3.05) is 5.75 Å². The van der Waals surface area contributed by atoms with E-state index in [-0.39, 0.29) is 12.2 Å². The van der Waals surface area contributed by atoms with Crippen LogP contribution in [0.5, 0.6) is 0 Å². The van der Waals surface area contributed by atoms with Gasteiger partial charge in [0.05, 0.1) is 18.5 Å². The third kappa shape index (κ3) is 6.38. The van der Waals surface area contributed by atoms with Crippen LogP contribution in [0.25, 0.3) is 0 Å². The van der Waals surface area contributed by atoms with Gasteiger partial charge in [0.1, 0.15) is 12.1 Å². The average molecular weight is 343 g/mol. The molecule has 3 amide bonds. The molecule has 0 fully saturated rings. The highest BCUT2D eigenvalue weighted by Gasteiger charge is 2.27. The molecule has 0 aromatic carbocycles. The minimum atomic E-state index is -1.38. The van der Waals surface area contributed by atoms with E-state index in [2.05, 4.69) is 33.2 Å². The number of H-pyrrole nitrogens is 1. The Morgan fingerprint density at radius 3 is 2.48 bits per heavy atom. The molecule has 0 bridgehead atoms. The van der Waals surface area contributed by atoms with E-state index in [9.17, 15) is 19.2 Å². The first-order valence-electron chi connectivity index (χ1n) is 6.52. The van der Waals surface area contributed by atoms with Gasteiger partial charge in [-0.15, -0.1) is 0 Å². The van der Waals surface area contributed by atoms with Crippen molar-refractivity contribution in [3.8, 4) is 0 Å². The van der Waals surface area contributed by atoms with Crippen LogP contribution in [0.15, 0.2) is 12.5 Å². The molecular formula is C12H17N5O5S. The van der Waals surface area contributed by atoms with Gasteiger partial charge < -0.3 is 26.5 Å². The summed E-state index contributed by atoms with van der Waals surface area (Å²) in [5.74, 6) is -3.65. The van der Waals surface area contributed by atoms with Gasteiger partial charge in [-0.2, -0.15) is 12.6 Å². The first kappa shape index (κ1) is 18.5. The monoisotopic (exact) mass is 343 g/mol. The number of carbonyl (C=O) groups excluding carboxylic acids is 3. The van der Waals surface area contributed by atoms with Gasteiger partial charge in [-0.05, 0) is 0 Å². The Morgan fingerprint density at radius 2 is 2.00 bits per heavy atom. The molecular weight excluding hydrogens is 326 g/mol. The molecule has 0 saturated heterocycles. The number of rotatable bonds is 9. The number of carbonyl (C=O) groups is 4. The Bertz CT molecular complexity index is 576. The second kappa shape index (κ2) is 8.78. The van der Waals surface area contributed by atoms with E-state index in [0.717, 1.165) is 0 Å². The highest BCUT2D eigenvalue weighted by atomic mass is 32.1. The van der Waals surface area contributed by atoms with Gasteiger partial charge in [0.15, 0.2) is 0 Å². The molecule has 0 radical (unpaired) electrons. The second-order valence-corrected chi connectivity index (χ2v) is 4.94. The first-order chi connectivity index (χ1) is 10.8. The lowest BCUT2D eigenvalue weighted by molar-refractivity contribution is -0.140. The molecule has 23 heavy (non-hydrogen) atoms. The molecule has 0 spiro atoms. The molecule has 11 heteroatoms. The number of aromatic amines is 1. The topological polar surface area (TPSA) is 167 Å². The van der Waals surface area contributed by atoms with Gasteiger partial charge in [0.2, 0.25) is 17.7 Å². The molecule has 0 aliphatic heterocycles. The summed E-state index contributed by atoms with van der Waals surface area (Å²) < 4.78 is 0. The molecule has 6 N–H and O–H groups in total. The number of aliphatic carboxylic acids is 1. The molecule has 10 nitrogen and oxygen atoms in total. The van der Waals surface area contributed by atoms with Crippen molar-refractivity contribution < 1.29 is 24.3 Å². The standard InChI is InChI=1S/C12H17N5O5S/c13-11(21)7(2-10(19)20)17-12(22)8(16-9(18)4-23)1-6-3-14-5-15-6/h3,5,7-8,23H,1-2,4H2,(H2,13,21)(H,14,15)(H,16,18)(H,17,22)(H,19,20)/t7-,8-/m0/s1. The number of hydrogen-bond acceptors (Lipinski definition) is 6. The predicted octanol–water partition coefficient (Wildman–Crippen LogP) is -2.19. The van der Waals surface area contributed by atoms with Crippen LogP contribution in [0, 0.1) is 0 Å². The van der Waals surface area contributed by atoms with Crippen LogP contribution in [-0.2, 0) is 25.6 Å². The number of nitrogens with one attached hydrogen (secondary N) is 3. The Morgan fingerprint density at radius 1 is 1.30 bits per heavy atom. The minimum absolute atomic E-state index is 0.0733. The third-order valence-corrected chi connectivity index (χ3v) is 3.10. The summed E-state index contributed by atoms with van der Waals surface area (Å²) in [5, 5.41) is 13.4. The van der Waals surface area contributed by atoms with Crippen molar-refractivity contribution in [2.45, 2.75) is 24.9 Å². The number of carboxylic acids is 1. The summed E-state index contributed by atoms with van der Waals surface area (Å²) in [7, 11) is 0. The lowest BCUT2D eigenvalue weighted by atomic mass is 10.1. The normalized spacial score (nSPS) is 12.9. The molecule has 1 heterocycles.